The molecule has 1 fully saturated rings. The zero-order chi connectivity index (χ0) is 12.4. The molecule has 0 amide bonds. The lowest BCUT2D eigenvalue weighted by molar-refractivity contribution is 0.143. The smallest absolute Gasteiger partial charge is 0.127 e. The Bertz CT molecular complexity index is 493. The fourth-order valence-electron chi connectivity index (χ4n) is 2.35. The second-order valence-electron chi connectivity index (χ2n) is 4.48. The maximum atomic E-state index is 4.47. The second-order valence-corrected chi connectivity index (χ2v) is 5.09. The van der Waals surface area contributed by atoms with Crippen molar-refractivity contribution in [2.24, 2.45) is 7.05 Å². The predicted molar refractivity (Wildman–Crippen MR) is 69.1 cm³/mol. The third-order valence-electron chi connectivity index (χ3n) is 3.28. The van der Waals surface area contributed by atoms with Crippen LogP contribution in [-0.2, 0) is 13.6 Å². The lowest BCUT2D eigenvalue weighted by atomic mass is 10.1. The summed E-state index contributed by atoms with van der Waals surface area (Å²) in [6.45, 7) is 3.80. The highest BCUT2D eigenvalue weighted by molar-refractivity contribution is 7.03. The molecule has 96 valence electrons. The van der Waals surface area contributed by atoms with Crippen LogP contribution in [-0.4, -0.2) is 43.7 Å². The molecule has 3 rings (SSSR count). The number of hydrogen-bond acceptors (Lipinski definition) is 6. The third-order valence-corrected chi connectivity index (χ3v) is 3.83. The van der Waals surface area contributed by atoms with Gasteiger partial charge in [-0.05, 0) is 11.5 Å². The van der Waals surface area contributed by atoms with E-state index in [0.29, 0.717) is 6.04 Å². The zero-order valence-electron chi connectivity index (χ0n) is 10.3. The van der Waals surface area contributed by atoms with E-state index < -0.39 is 0 Å². The first kappa shape index (κ1) is 11.8. The quantitative estimate of drug-likeness (QED) is 0.870. The number of aryl methyl sites for hydroxylation is 1. The summed E-state index contributed by atoms with van der Waals surface area (Å²) in [6, 6.07) is 0.306. The molecule has 1 N–H and O–H groups in total. The third kappa shape index (κ3) is 2.29. The Labute approximate surface area is 110 Å². The van der Waals surface area contributed by atoms with E-state index in [0.717, 1.165) is 37.7 Å². The highest BCUT2D eigenvalue weighted by Gasteiger charge is 2.27. The summed E-state index contributed by atoms with van der Waals surface area (Å²) in [5.41, 5.74) is 1.04. The summed E-state index contributed by atoms with van der Waals surface area (Å²) < 4.78 is 6.01. The predicted octanol–water partition coefficient (Wildman–Crippen LogP) is 0.418. The summed E-state index contributed by atoms with van der Waals surface area (Å²) in [4.78, 5) is 6.88. The summed E-state index contributed by atoms with van der Waals surface area (Å²) >= 11 is 1.41. The van der Waals surface area contributed by atoms with Crippen LogP contribution in [0.4, 0.5) is 0 Å². The van der Waals surface area contributed by atoms with Gasteiger partial charge in [0.05, 0.1) is 11.7 Å². The van der Waals surface area contributed by atoms with Crippen LogP contribution in [0.25, 0.3) is 0 Å². The van der Waals surface area contributed by atoms with Crippen molar-refractivity contribution in [2.75, 3.05) is 19.6 Å². The first-order valence-electron chi connectivity index (χ1n) is 6.02. The Morgan fingerprint density at radius 3 is 3.22 bits per heavy atom. The molecule has 1 unspecified atom stereocenters. The maximum Gasteiger partial charge on any atom is 0.127 e. The van der Waals surface area contributed by atoms with Crippen molar-refractivity contribution in [3.63, 3.8) is 0 Å². The zero-order valence-corrected chi connectivity index (χ0v) is 11.1. The van der Waals surface area contributed by atoms with Crippen molar-refractivity contribution < 1.29 is 0 Å². The molecule has 6 nitrogen and oxygen atoms in total. The van der Waals surface area contributed by atoms with Crippen molar-refractivity contribution in [3.8, 4) is 0 Å². The molecule has 7 heteroatoms. The van der Waals surface area contributed by atoms with Crippen LogP contribution in [0, 0.1) is 0 Å². The van der Waals surface area contributed by atoms with Crippen molar-refractivity contribution in [1.29, 1.82) is 0 Å². The van der Waals surface area contributed by atoms with Gasteiger partial charge in [-0.1, -0.05) is 4.49 Å². The van der Waals surface area contributed by atoms with Crippen LogP contribution < -0.4 is 5.32 Å². The van der Waals surface area contributed by atoms with E-state index in [1.54, 1.807) is 0 Å². The molecule has 18 heavy (non-hydrogen) atoms. The summed E-state index contributed by atoms with van der Waals surface area (Å²) in [6.07, 6.45) is 3.85. The Morgan fingerprint density at radius 2 is 2.50 bits per heavy atom. The van der Waals surface area contributed by atoms with E-state index in [4.69, 9.17) is 0 Å². The van der Waals surface area contributed by atoms with Crippen LogP contribution in [0.5, 0.6) is 0 Å². The van der Waals surface area contributed by atoms with E-state index >= 15 is 0 Å². The van der Waals surface area contributed by atoms with E-state index in [1.807, 2.05) is 24.8 Å². The maximum absolute atomic E-state index is 4.47. The van der Waals surface area contributed by atoms with Crippen molar-refractivity contribution in [3.05, 3.63) is 29.3 Å². The Kier molecular flexibility index (Phi) is 3.35. The fraction of sp³-hybridized carbons (Fsp3) is 0.545. The van der Waals surface area contributed by atoms with Crippen LogP contribution in [0.3, 0.4) is 0 Å². The van der Waals surface area contributed by atoms with Crippen LogP contribution >= 0.6 is 11.5 Å². The van der Waals surface area contributed by atoms with Gasteiger partial charge in [-0.25, -0.2) is 4.98 Å². The molecule has 1 aliphatic heterocycles. The second kappa shape index (κ2) is 5.13. The first-order chi connectivity index (χ1) is 8.84. The Balaban J connectivity index is 1.80. The molecule has 1 aliphatic rings. The standard InChI is InChI=1S/C11H16N6S/c1-16-4-3-13-11(16)10-6-12-2-5-17(10)7-9-8-18-15-14-9/h3-4,8,10,12H,2,5-7H2,1H3. The molecular formula is C11H16N6S. The molecule has 0 bridgehead atoms. The lowest BCUT2D eigenvalue weighted by Gasteiger charge is -2.35. The van der Waals surface area contributed by atoms with Crippen molar-refractivity contribution >= 4 is 11.5 Å². The van der Waals surface area contributed by atoms with Gasteiger partial charge < -0.3 is 9.88 Å². The number of piperazine rings is 1. The van der Waals surface area contributed by atoms with Crippen molar-refractivity contribution in [2.45, 2.75) is 12.6 Å². The minimum Gasteiger partial charge on any atom is -0.337 e. The summed E-state index contributed by atoms with van der Waals surface area (Å²) in [7, 11) is 2.04. The highest BCUT2D eigenvalue weighted by Crippen LogP contribution is 2.22. The summed E-state index contributed by atoms with van der Waals surface area (Å²) in [5.74, 6) is 1.10. The average molecular weight is 264 g/mol. The number of nitrogens with one attached hydrogen (secondary N) is 1. The number of nitrogens with zero attached hydrogens (tertiary/aromatic N) is 5. The lowest BCUT2D eigenvalue weighted by Crippen LogP contribution is -2.46. The van der Waals surface area contributed by atoms with Gasteiger partial charge in [0.1, 0.15) is 5.82 Å². The number of aromatic nitrogens is 4. The van der Waals surface area contributed by atoms with Gasteiger partial charge in [-0.2, -0.15) is 0 Å². The normalized spacial score (nSPS) is 21.3. The molecule has 0 radical (unpaired) electrons. The first-order valence-corrected chi connectivity index (χ1v) is 6.86. The van der Waals surface area contributed by atoms with Gasteiger partial charge in [0, 0.05) is 51.0 Å². The van der Waals surface area contributed by atoms with Gasteiger partial charge in [-0.3, -0.25) is 4.90 Å². The SMILES string of the molecule is Cn1ccnc1C1CNCCN1Cc1csnn1. The van der Waals surface area contributed by atoms with Gasteiger partial charge in [0.2, 0.25) is 0 Å². The Hall–Kier alpha value is -1.31. The van der Waals surface area contributed by atoms with Crippen LogP contribution in [0.2, 0.25) is 0 Å². The molecule has 0 aliphatic carbocycles. The minimum absolute atomic E-state index is 0.306. The number of imidazole rings is 1. The van der Waals surface area contributed by atoms with E-state index in [9.17, 15) is 0 Å². The molecule has 2 aromatic rings. The van der Waals surface area contributed by atoms with E-state index in [2.05, 4.69) is 29.4 Å². The molecule has 0 saturated carbocycles. The number of rotatable bonds is 3. The molecule has 0 aromatic carbocycles. The monoisotopic (exact) mass is 264 g/mol. The van der Waals surface area contributed by atoms with Crippen LogP contribution in [0.1, 0.15) is 17.6 Å². The Morgan fingerprint density at radius 1 is 1.56 bits per heavy atom. The van der Waals surface area contributed by atoms with Gasteiger partial charge in [-0.15, -0.1) is 5.10 Å². The highest BCUT2D eigenvalue weighted by atomic mass is 32.1. The fourth-order valence-corrected chi connectivity index (χ4v) is 2.79. The van der Waals surface area contributed by atoms with E-state index in [-0.39, 0.29) is 0 Å². The molecule has 2 aromatic heterocycles. The summed E-state index contributed by atoms with van der Waals surface area (Å²) in [5, 5.41) is 9.57. The molecule has 1 saturated heterocycles. The molecular weight excluding hydrogens is 248 g/mol. The molecule has 1 atom stereocenters. The van der Waals surface area contributed by atoms with Gasteiger partial charge >= 0.3 is 0 Å². The molecule has 0 spiro atoms. The van der Waals surface area contributed by atoms with Gasteiger partial charge in [0.25, 0.3) is 0 Å². The van der Waals surface area contributed by atoms with E-state index in [1.165, 1.54) is 11.5 Å². The van der Waals surface area contributed by atoms with Gasteiger partial charge in [0.15, 0.2) is 0 Å². The largest absolute Gasteiger partial charge is 0.337 e. The minimum atomic E-state index is 0.306. The molecule has 3 heterocycles. The topological polar surface area (TPSA) is 58.9 Å². The van der Waals surface area contributed by atoms with Crippen molar-refractivity contribution in [1.82, 2.24) is 29.4 Å². The number of hydrogen-bond donors (Lipinski definition) is 1. The van der Waals surface area contributed by atoms with Crippen LogP contribution in [0.15, 0.2) is 17.8 Å². The average Bonchev–Trinajstić information content (AvgIpc) is 3.02.